The first-order valence-corrected chi connectivity index (χ1v) is 11.4. The first-order valence-electron chi connectivity index (χ1n) is 10.4. The van der Waals surface area contributed by atoms with E-state index in [1.54, 1.807) is 6.07 Å². The van der Waals surface area contributed by atoms with Crippen LogP contribution in [0.4, 0.5) is 13.2 Å². The lowest BCUT2D eigenvalue weighted by molar-refractivity contribution is -0.139. The number of aryl methyl sites for hydroxylation is 3. The van der Waals surface area contributed by atoms with Crippen molar-refractivity contribution in [2.45, 2.75) is 51.2 Å². The van der Waals surface area contributed by atoms with Gasteiger partial charge >= 0.3 is 6.18 Å². The molecule has 5 nitrogen and oxygen atoms in total. The number of aliphatic hydroxyl groups excluding tert-OH is 1. The van der Waals surface area contributed by atoms with Crippen LogP contribution in [0.15, 0.2) is 36.4 Å². The summed E-state index contributed by atoms with van der Waals surface area (Å²) < 4.78 is 61.7. The van der Waals surface area contributed by atoms with E-state index in [1.807, 2.05) is 32.0 Å². The highest BCUT2D eigenvalue weighted by Crippen LogP contribution is 2.37. The SMILES string of the molecule is Cc1cccc(CCCOc2ccc(CCC(N)(CO)CO[PH2]=O)cc2C(F)(F)F)c1C. The molecule has 32 heavy (non-hydrogen) atoms. The largest absolute Gasteiger partial charge is 0.493 e. The number of ether oxygens (including phenoxy) is 1. The Labute approximate surface area is 188 Å². The van der Waals surface area contributed by atoms with E-state index in [9.17, 15) is 22.8 Å². The number of nitrogens with two attached hydrogens (primary N) is 1. The molecule has 9 heteroatoms. The van der Waals surface area contributed by atoms with Crippen LogP contribution < -0.4 is 10.5 Å². The topological polar surface area (TPSA) is 81.8 Å². The highest BCUT2D eigenvalue weighted by atomic mass is 31.1. The molecule has 2 unspecified atom stereocenters. The van der Waals surface area contributed by atoms with Gasteiger partial charge in [0.2, 0.25) is 0 Å². The molecule has 0 saturated carbocycles. The van der Waals surface area contributed by atoms with E-state index in [0.29, 0.717) is 12.0 Å². The molecule has 2 atom stereocenters. The standard InChI is InChI=1S/C23H31F3NO4P/c1-16-5-3-6-19(17(16)2)7-4-12-30-21-9-8-18(13-20(21)23(24,25)26)10-11-22(27,14-28)15-31-32-29/h3,5-6,8-9,13,28H,4,7,10-12,14-15,27,32H2,1-2H3. The Kier molecular flexibility index (Phi) is 9.77. The first-order chi connectivity index (χ1) is 15.1. The molecule has 0 saturated heterocycles. The molecule has 2 aromatic carbocycles. The monoisotopic (exact) mass is 473 g/mol. The summed E-state index contributed by atoms with van der Waals surface area (Å²) in [6.07, 6.45) is -2.87. The van der Waals surface area contributed by atoms with Gasteiger partial charge in [0.05, 0.1) is 30.9 Å². The molecule has 0 aliphatic heterocycles. The van der Waals surface area contributed by atoms with Crippen molar-refractivity contribution in [2.75, 3.05) is 19.8 Å². The Hall–Kier alpha value is -1.86. The van der Waals surface area contributed by atoms with E-state index in [1.165, 1.54) is 17.2 Å². The lowest BCUT2D eigenvalue weighted by atomic mass is 9.93. The van der Waals surface area contributed by atoms with E-state index in [0.717, 1.165) is 18.1 Å². The number of rotatable bonds is 12. The van der Waals surface area contributed by atoms with Gasteiger partial charge in [0.1, 0.15) is 5.75 Å². The second-order valence-electron chi connectivity index (χ2n) is 8.07. The Balaban J connectivity index is 2.03. The maximum atomic E-state index is 13.6. The maximum absolute atomic E-state index is 13.6. The highest BCUT2D eigenvalue weighted by Gasteiger charge is 2.35. The summed E-state index contributed by atoms with van der Waals surface area (Å²) >= 11 is 0. The molecular weight excluding hydrogens is 442 g/mol. The van der Waals surface area contributed by atoms with Crippen LogP contribution in [0.3, 0.4) is 0 Å². The van der Waals surface area contributed by atoms with E-state index < -0.39 is 32.6 Å². The number of alkyl halides is 3. The molecule has 0 amide bonds. The van der Waals surface area contributed by atoms with Crippen LogP contribution in [0, 0.1) is 13.8 Å². The van der Waals surface area contributed by atoms with E-state index in [4.69, 9.17) is 15.0 Å². The average Bonchev–Trinajstić information content (AvgIpc) is 2.76. The molecule has 0 heterocycles. The number of benzene rings is 2. The lowest BCUT2D eigenvalue weighted by Gasteiger charge is -2.26. The number of halogens is 3. The smallest absolute Gasteiger partial charge is 0.419 e. The summed E-state index contributed by atoms with van der Waals surface area (Å²) in [5.41, 5.74) is 7.93. The molecule has 0 aliphatic carbocycles. The van der Waals surface area contributed by atoms with Gasteiger partial charge in [-0.05, 0) is 73.9 Å². The van der Waals surface area contributed by atoms with Crippen molar-refractivity contribution in [3.05, 3.63) is 64.2 Å². The van der Waals surface area contributed by atoms with Crippen molar-refractivity contribution in [2.24, 2.45) is 5.73 Å². The van der Waals surface area contributed by atoms with Gasteiger partial charge in [0.25, 0.3) is 0 Å². The minimum absolute atomic E-state index is 0.129. The molecule has 0 aromatic heterocycles. The van der Waals surface area contributed by atoms with Crippen LogP contribution in [0.2, 0.25) is 0 Å². The third-order valence-electron chi connectivity index (χ3n) is 5.58. The van der Waals surface area contributed by atoms with Gasteiger partial charge in [-0.1, -0.05) is 24.3 Å². The van der Waals surface area contributed by atoms with Crippen LogP contribution in [-0.4, -0.2) is 30.5 Å². The van der Waals surface area contributed by atoms with Gasteiger partial charge in [-0.15, -0.1) is 0 Å². The molecule has 3 N–H and O–H groups in total. The summed E-state index contributed by atoms with van der Waals surface area (Å²) in [6, 6.07) is 9.96. The van der Waals surface area contributed by atoms with Crippen molar-refractivity contribution in [3.63, 3.8) is 0 Å². The quantitative estimate of drug-likeness (QED) is 0.347. The number of hydrogen-bond donors (Lipinski definition) is 2. The molecule has 2 aromatic rings. The van der Waals surface area contributed by atoms with Gasteiger partial charge in [-0.25, -0.2) is 0 Å². The predicted octanol–water partition coefficient (Wildman–Crippen LogP) is 4.64. The predicted molar refractivity (Wildman–Crippen MR) is 120 cm³/mol. The van der Waals surface area contributed by atoms with Crippen LogP contribution in [0.1, 0.15) is 40.7 Å². The molecule has 0 aliphatic rings. The summed E-state index contributed by atoms with van der Waals surface area (Å²) in [7, 11) is -1.47. The van der Waals surface area contributed by atoms with Gasteiger partial charge in [0.15, 0.2) is 8.69 Å². The minimum Gasteiger partial charge on any atom is -0.493 e. The zero-order valence-electron chi connectivity index (χ0n) is 18.4. The summed E-state index contributed by atoms with van der Waals surface area (Å²) in [6.45, 7) is 3.67. The Bertz CT molecular complexity index is 907. The summed E-state index contributed by atoms with van der Waals surface area (Å²) in [5.74, 6) is -0.207. The van der Waals surface area contributed by atoms with E-state index in [-0.39, 0.29) is 31.8 Å². The lowest BCUT2D eigenvalue weighted by Crippen LogP contribution is -2.47. The molecule has 0 fully saturated rings. The Morgan fingerprint density at radius 1 is 1.12 bits per heavy atom. The fourth-order valence-electron chi connectivity index (χ4n) is 3.40. The molecule has 2 rings (SSSR count). The van der Waals surface area contributed by atoms with Crippen molar-refractivity contribution >= 4 is 8.69 Å². The fraction of sp³-hybridized carbons (Fsp3) is 0.478. The fourth-order valence-corrected chi connectivity index (χ4v) is 3.80. The van der Waals surface area contributed by atoms with E-state index >= 15 is 0 Å². The third kappa shape index (κ3) is 7.62. The molecule has 0 spiro atoms. The molecule has 0 bridgehead atoms. The second kappa shape index (κ2) is 11.8. The number of aliphatic hydroxyl groups is 1. The van der Waals surface area contributed by atoms with Gasteiger partial charge in [-0.2, -0.15) is 13.2 Å². The summed E-state index contributed by atoms with van der Waals surface area (Å²) in [5, 5.41) is 9.46. The van der Waals surface area contributed by atoms with Crippen LogP contribution >= 0.6 is 8.69 Å². The van der Waals surface area contributed by atoms with Crippen molar-refractivity contribution in [1.82, 2.24) is 0 Å². The second-order valence-corrected chi connectivity index (χ2v) is 8.59. The average molecular weight is 473 g/mol. The van der Waals surface area contributed by atoms with Gasteiger partial charge < -0.3 is 20.1 Å². The van der Waals surface area contributed by atoms with Gasteiger partial charge in [-0.3, -0.25) is 4.57 Å². The van der Waals surface area contributed by atoms with Crippen LogP contribution in [0.5, 0.6) is 5.75 Å². The first kappa shape index (κ1) is 26.4. The highest BCUT2D eigenvalue weighted by molar-refractivity contribution is 7.17. The zero-order chi connectivity index (χ0) is 23.8. The Morgan fingerprint density at radius 2 is 1.88 bits per heavy atom. The third-order valence-corrected chi connectivity index (χ3v) is 5.88. The maximum Gasteiger partial charge on any atom is 0.419 e. The van der Waals surface area contributed by atoms with E-state index in [2.05, 4.69) is 0 Å². The molecular formula is C23H31F3NO4P. The van der Waals surface area contributed by atoms with Crippen molar-refractivity contribution in [3.8, 4) is 5.75 Å². The minimum atomic E-state index is -4.57. The molecule has 0 radical (unpaired) electrons. The van der Waals surface area contributed by atoms with Crippen LogP contribution in [0.25, 0.3) is 0 Å². The van der Waals surface area contributed by atoms with Crippen molar-refractivity contribution < 1.29 is 32.1 Å². The van der Waals surface area contributed by atoms with Gasteiger partial charge in [0, 0.05) is 0 Å². The normalized spacial score (nSPS) is 14.1. The number of hydrogen-bond acceptors (Lipinski definition) is 5. The zero-order valence-corrected chi connectivity index (χ0v) is 19.5. The summed E-state index contributed by atoms with van der Waals surface area (Å²) in [4.78, 5) is 0. The molecule has 178 valence electrons. The Morgan fingerprint density at radius 3 is 2.53 bits per heavy atom. The van der Waals surface area contributed by atoms with Crippen LogP contribution in [-0.2, 0) is 28.1 Å². The van der Waals surface area contributed by atoms with Crippen molar-refractivity contribution in [1.29, 1.82) is 0 Å².